The molecular weight excluding hydrogens is 906 g/mol. The van der Waals surface area contributed by atoms with Crippen molar-refractivity contribution >= 4 is 90.1 Å². The van der Waals surface area contributed by atoms with Gasteiger partial charge in [0.05, 0.1) is 32.0 Å². The molecule has 0 saturated carbocycles. The molecule has 332 valence electrons. The minimum absolute atomic E-state index is 0.0177. The molecule has 18 nitrogen and oxygen atoms in total. The summed E-state index contributed by atoms with van der Waals surface area (Å²) in [6.45, 7) is 4.48. The SMILES string of the molecule is C=C(O)c1ccc(CNc2n[nH]c3c(C(=O)NCc4ccc(F)c(Cl)c4)ncnc23)nc1.C=S(N)(=O)c1ccc(CNc2n[nH]c3c(C(=O)NCc4ccc(F)c(Cl)c4)ncnc23)cc1. The van der Waals surface area contributed by atoms with Gasteiger partial charge in [0, 0.05) is 36.3 Å². The number of fused-ring (bicyclic) bond motifs is 2. The van der Waals surface area contributed by atoms with Gasteiger partial charge in [-0.25, -0.2) is 32.9 Å². The Morgan fingerprint density at radius 3 is 1.63 bits per heavy atom. The van der Waals surface area contributed by atoms with E-state index in [-0.39, 0.29) is 40.3 Å². The van der Waals surface area contributed by atoms with Crippen molar-refractivity contribution in [1.82, 2.24) is 55.9 Å². The number of aliphatic hydroxyl groups is 1. The maximum atomic E-state index is 13.3. The molecule has 65 heavy (non-hydrogen) atoms. The average molecular weight is 942 g/mol. The van der Waals surface area contributed by atoms with Gasteiger partial charge in [-0.1, -0.05) is 54.0 Å². The predicted octanol–water partition coefficient (Wildman–Crippen LogP) is 6.25. The third-order valence-electron chi connectivity index (χ3n) is 9.38. The quantitative estimate of drug-likeness (QED) is 0.0443. The van der Waals surface area contributed by atoms with Gasteiger partial charge in [0.25, 0.3) is 11.8 Å². The van der Waals surface area contributed by atoms with Gasteiger partial charge >= 0.3 is 0 Å². The van der Waals surface area contributed by atoms with Crippen molar-refractivity contribution in [3.63, 3.8) is 0 Å². The Balaban J connectivity index is 0.000000194. The number of amides is 2. The molecule has 1 atom stereocenters. The van der Waals surface area contributed by atoms with Crippen molar-refractivity contribution in [2.75, 3.05) is 10.6 Å². The molecule has 9 N–H and O–H groups in total. The van der Waals surface area contributed by atoms with Crippen molar-refractivity contribution in [2.45, 2.75) is 31.1 Å². The van der Waals surface area contributed by atoms with Crippen LogP contribution in [0.2, 0.25) is 10.0 Å². The van der Waals surface area contributed by atoms with Crippen molar-refractivity contribution in [3.8, 4) is 0 Å². The molecule has 0 saturated heterocycles. The highest BCUT2D eigenvalue weighted by molar-refractivity contribution is 7.98. The number of carbonyl (C=O) groups excluding carboxylic acids is 2. The number of hydrogen-bond donors (Lipinski definition) is 8. The number of aromatic amines is 2. The number of rotatable bonds is 14. The molecule has 0 fully saturated rings. The molecule has 0 spiro atoms. The van der Waals surface area contributed by atoms with Crippen LogP contribution in [0.3, 0.4) is 0 Å². The summed E-state index contributed by atoms with van der Waals surface area (Å²) in [5.74, 6) is 2.32. The van der Waals surface area contributed by atoms with Gasteiger partial charge < -0.3 is 26.4 Å². The van der Waals surface area contributed by atoms with E-state index in [1.165, 1.54) is 55.2 Å². The molecule has 5 heterocycles. The van der Waals surface area contributed by atoms with E-state index in [1.807, 2.05) is 0 Å². The zero-order valence-corrected chi connectivity index (χ0v) is 36.0. The van der Waals surface area contributed by atoms with Crippen LogP contribution in [-0.2, 0) is 35.9 Å². The molecule has 0 aliphatic carbocycles. The minimum Gasteiger partial charge on any atom is -0.508 e. The maximum absolute atomic E-state index is 13.3. The van der Waals surface area contributed by atoms with Gasteiger partial charge in [-0.15, -0.1) is 0 Å². The number of halogens is 4. The topological polar surface area (TPSA) is 267 Å². The second kappa shape index (κ2) is 19.8. The van der Waals surface area contributed by atoms with E-state index < -0.39 is 33.2 Å². The van der Waals surface area contributed by atoms with E-state index in [1.54, 1.807) is 36.4 Å². The summed E-state index contributed by atoms with van der Waals surface area (Å²) < 4.78 is 38.4. The summed E-state index contributed by atoms with van der Waals surface area (Å²) in [5, 5.41) is 40.5. The second-order valence-corrected chi connectivity index (χ2v) is 16.7. The normalized spacial score (nSPS) is 11.9. The molecule has 0 radical (unpaired) electrons. The highest BCUT2D eigenvalue weighted by Crippen LogP contribution is 2.23. The number of anilines is 2. The van der Waals surface area contributed by atoms with Gasteiger partial charge in [0.1, 0.15) is 52.1 Å². The van der Waals surface area contributed by atoms with E-state index in [0.717, 1.165) is 5.56 Å². The van der Waals surface area contributed by atoms with E-state index in [0.29, 0.717) is 74.1 Å². The first-order valence-electron chi connectivity index (χ1n) is 19.0. The summed E-state index contributed by atoms with van der Waals surface area (Å²) >= 11 is 11.6. The monoisotopic (exact) mass is 940 g/mol. The van der Waals surface area contributed by atoms with E-state index >= 15 is 0 Å². The lowest BCUT2D eigenvalue weighted by Crippen LogP contribution is -2.24. The first kappa shape index (κ1) is 45.4. The number of pyridine rings is 1. The van der Waals surface area contributed by atoms with Crippen LogP contribution >= 0.6 is 23.2 Å². The van der Waals surface area contributed by atoms with Crippen LogP contribution in [-0.4, -0.2) is 72.3 Å². The lowest BCUT2D eigenvalue weighted by molar-refractivity contribution is 0.0939. The molecule has 1 unspecified atom stereocenters. The first-order valence-corrected chi connectivity index (χ1v) is 21.6. The summed E-state index contributed by atoms with van der Waals surface area (Å²) in [5.41, 5.74) is 5.26. The Kier molecular flexibility index (Phi) is 13.9. The molecule has 2 amide bonds. The molecule has 0 aliphatic heterocycles. The number of benzene rings is 3. The third kappa shape index (κ3) is 11.1. The molecule has 0 aliphatic rings. The zero-order chi connectivity index (χ0) is 46.3. The fraction of sp³-hybridized carbons (Fsp3) is 0.0952. The number of nitrogens with zero attached hydrogens (tertiary/aromatic N) is 7. The first-order chi connectivity index (χ1) is 31.1. The van der Waals surface area contributed by atoms with E-state index in [2.05, 4.69) is 79.0 Å². The summed E-state index contributed by atoms with van der Waals surface area (Å²) in [6, 6.07) is 18.8. The fourth-order valence-corrected chi connectivity index (χ4v) is 6.99. The molecule has 0 bridgehead atoms. The van der Waals surface area contributed by atoms with Gasteiger partial charge in [-0.05, 0) is 71.1 Å². The van der Waals surface area contributed by atoms with Crippen molar-refractivity contribution in [2.24, 2.45) is 5.14 Å². The summed E-state index contributed by atoms with van der Waals surface area (Å²) in [6.07, 6.45) is 4.06. The average Bonchev–Trinajstić information content (AvgIpc) is 3.92. The van der Waals surface area contributed by atoms with Crippen LogP contribution in [0.4, 0.5) is 20.4 Å². The Morgan fingerprint density at radius 1 is 0.692 bits per heavy atom. The highest BCUT2D eigenvalue weighted by atomic mass is 35.5. The predicted molar refractivity (Wildman–Crippen MR) is 243 cm³/mol. The van der Waals surface area contributed by atoms with Crippen LogP contribution in [0, 0.1) is 11.6 Å². The van der Waals surface area contributed by atoms with Gasteiger partial charge in [0.2, 0.25) is 0 Å². The maximum Gasteiger partial charge on any atom is 0.272 e. The zero-order valence-electron chi connectivity index (χ0n) is 33.7. The van der Waals surface area contributed by atoms with Gasteiger partial charge in [-0.2, -0.15) is 10.2 Å². The molecular formula is C42H36Cl2F2N14O4S. The lowest BCUT2D eigenvalue weighted by atomic mass is 10.2. The molecule has 8 aromatic rings. The summed E-state index contributed by atoms with van der Waals surface area (Å²) in [4.78, 5) is 46.5. The van der Waals surface area contributed by atoms with Crippen molar-refractivity contribution in [1.29, 1.82) is 0 Å². The standard InChI is InChI=1S/C21H19ClFN7O2S.C21H17ClFN7O2/c1-33(24,32)14-5-2-12(3-6-14)9-25-20-18-17(29-30-20)19(28-11-27-18)21(31)26-10-13-4-7-16(23)15(22)8-13;1-11(31)13-3-4-14(24-8-13)9-25-20-18-17(29-30-20)19(28-10-27-18)21(32)26-7-12-2-5-16(23)15(22)6-12/h2-8,11H,1,9-10H2,(H2,24,32)(H,26,31)(H2,25,29,30);2-6,8,10,31H,1,7,9H2,(H,26,32)(H2,25,29,30). The number of H-pyrrole nitrogens is 2. The van der Waals surface area contributed by atoms with Crippen LogP contribution in [0.15, 0.2) is 103 Å². The Morgan fingerprint density at radius 2 is 1.18 bits per heavy atom. The largest absolute Gasteiger partial charge is 0.508 e. The van der Waals surface area contributed by atoms with Gasteiger partial charge in [-0.3, -0.25) is 29.9 Å². The Labute approximate surface area is 378 Å². The Bertz CT molecular complexity index is 3170. The molecule has 5 aromatic heterocycles. The van der Waals surface area contributed by atoms with Crippen molar-refractivity contribution < 1.29 is 27.7 Å². The molecule has 8 rings (SSSR count). The van der Waals surface area contributed by atoms with Crippen LogP contribution < -0.4 is 26.4 Å². The van der Waals surface area contributed by atoms with Crippen molar-refractivity contribution in [3.05, 3.63) is 159 Å². The lowest BCUT2D eigenvalue weighted by Gasteiger charge is -2.07. The third-order valence-corrected chi connectivity index (χ3v) is 11.0. The number of aromatic nitrogens is 9. The van der Waals surface area contributed by atoms with Crippen LogP contribution in [0.1, 0.15) is 48.9 Å². The number of nitrogens with two attached hydrogens (primary N) is 1. The molecule has 3 aromatic carbocycles. The fourth-order valence-electron chi connectivity index (χ4n) is 5.99. The number of carbonyl (C=O) groups is 2. The molecule has 23 heteroatoms. The number of aliphatic hydroxyl groups excluding tert-OH is 1. The van der Waals surface area contributed by atoms with Crippen LogP contribution in [0.25, 0.3) is 27.8 Å². The smallest absolute Gasteiger partial charge is 0.272 e. The number of hydrogen-bond acceptors (Lipinski definition) is 13. The second-order valence-electron chi connectivity index (χ2n) is 14.0. The Hall–Kier alpha value is -7.59. The van der Waals surface area contributed by atoms with E-state index in [4.69, 9.17) is 28.3 Å². The van der Waals surface area contributed by atoms with E-state index in [9.17, 15) is 27.7 Å². The summed E-state index contributed by atoms with van der Waals surface area (Å²) in [7, 11) is -2.76. The van der Waals surface area contributed by atoms with Crippen LogP contribution in [0.5, 0.6) is 0 Å². The highest BCUT2D eigenvalue weighted by Gasteiger charge is 2.19. The van der Waals surface area contributed by atoms with Gasteiger partial charge in [0.15, 0.2) is 23.0 Å². The number of nitrogens with one attached hydrogen (secondary N) is 6. The minimum atomic E-state index is -2.76.